The van der Waals surface area contributed by atoms with Gasteiger partial charge in [0.2, 0.25) is 11.0 Å². The van der Waals surface area contributed by atoms with Crippen LogP contribution in [-0.4, -0.2) is 47.1 Å². The van der Waals surface area contributed by atoms with Crippen molar-refractivity contribution in [3.63, 3.8) is 0 Å². The summed E-state index contributed by atoms with van der Waals surface area (Å²) in [4.78, 5) is 16.7. The van der Waals surface area contributed by atoms with Crippen molar-refractivity contribution in [3.05, 3.63) is 23.3 Å². The van der Waals surface area contributed by atoms with E-state index in [4.69, 9.17) is 4.74 Å². The largest absolute Gasteiger partial charge is 0.383 e. The van der Waals surface area contributed by atoms with Gasteiger partial charge in [-0.05, 0) is 31.0 Å². The highest BCUT2D eigenvalue weighted by Crippen LogP contribution is 2.30. The highest BCUT2D eigenvalue weighted by atomic mass is 32.2. The average Bonchev–Trinajstić information content (AvgIpc) is 3.20. The topological polar surface area (TPSA) is 89.0 Å². The van der Waals surface area contributed by atoms with Gasteiger partial charge in [-0.2, -0.15) is 0 Å². The molecule has 2 aromatic heterocycles. The molecule has 10 heteroatoms. The van der Waals surface area contributed by atoms with E-state index in [0.29, 0.717) is 18.3 Å². The van der Waals surface area contributed by atoms with Crippen molar-refractivity contribution in [2.75, 3.05) is 36.6 Å². The number of nitrogens with one attached hydrogen (secondary N) is 2. The lowest BCUT2D eigenvalue weighted by atomic mass is 10.1. The van der Waals surface area contributed by atoms with Crippen molar-refractivity contribution in [2.45, 2.75) is 18.2 Å². The van der Waals surface area contributed by atoms with Gasteiger partial charge in [0.05, 0.1) is 22.6 Å². The van der Waals surface area contributed by atoms with Crippen LogP contribution in [0.1, 0.15) is 11.1 Å². The van der Waals surface area contributed by atoms with Crippen LogP contribution < -0.4 is 10.6 Å². The second-order valence-electron chi connectivity index (χ2n) is 5.58. The maximum atomic E-state index is 12.2. The molecule has 0 saturated heterocycles. The van der Waals surface area contributed by atoms with Crippen LogP contribution in [0.15, 0.2) is 16.5 Å². The number of hydrogen-bond acceptors (Lipinski definition) is 9. The molecule has 0 fully saturated rings. The first-order valence-corrected chi connectivity index (χ1v) is 10.5. The van der Waals surface area contributed by atoms with Crippen LogP contribution in [0, 0.1) is 13.8 Å². The van der Waals surface area contributed by atoms with Crippen LogP contribution in [0.5, 0.6) is 0 Å². The highest BCUT2D eigenvalue weighted by molar-refractivity contribution is 8.01. The number of ether oxygens (including phenoxy) is 1. The minimum Gasteiger partial charge on any atom is -0.383 e. The Kier molecular flexibility index (Phi) is 6.41. The van der Waals surface area contributed by atoms with Gasteiger partial charge >= 0.3 is 0 Å². The number of thiazole rings is 1. The van der Waals surface area contributed by atoms with Crippen molar-refractivity contribution in [2.24, 2.45) is 0 Å². The zero-order valence-corrected chi connectivity index (χ0v) is 17.1. The number of carbonyl (C=O) groups is 1. The monoisotopic (exact) mass is 409 g/mol. The first-order valence-electron chi connectivity index (χ1n) is 7.92. The average molecular weight is 410 g/mol. The van der Waals surface area contributed by atoms with E-state index in [-0.39, 0.29) is 11.7 Å². The van der Waals surface area contributed by atoms with E-state index in [0.717, 1.165) is 25.3 Å². The summed E-state index contributed by atoms with van der Waals surface area (Å²) in [5.74, 6) is 0.160. The fourth-order valence-electron chi connectivity index (χ4n) is 2.31. The van der Waals surface area contributed by atoms with E-state index in [9.17, 15) is 4.79 Å². The molecule has 3 rings (SSSR count). The maximum absolute atomic E-state index is 12.2. The molecule has 0 aliphatic heterocycles. The van der Waals surface area contributed by atoms with Crippen molar-refractivity contribution in [1.82, 2.24) is 15.2 Å². The number of rotatable bonds is 8. The zero-order chi connectivity index (χ0) is 18.5. The predicted octanol–water partition coefficient (Wildman–Crippen LogP) is 3.55. The lowest BCUT2D eigenvalue weighted by Crippen LogP contribution is -2.13. The van der Waals surface area contributed by atoms with Crippen LogP contribution in [0.3, 0.4) is 0 Å². The number of benzene rings is 1. The summed E-state index contributed by atoms with van der Waals surface area (Å²) in [5, 5.41) is 15.4. The van der Waals surface area contributed by atoms with Gasteiger partial charge in [0, 0.05) is 13.7 Å². The molecule has 138 valence electrons. The fourth-order valence-corrected chi connectivity index (χ4v) is 4.94. The van der Waals surface area contributed by atoms with Gasteiger partial charge in [-0.3, -0.25) is 4.79 Å². The first kappa shape index (κ1) is 19.0. The van der Waals surface area contributed by atoms with Gasteiger partial charge in [0.25, 0.3) is 0 Å². The zero-order valence-electron chi connectivity index (χ0n) is 14.7. The Bertz CT molecular complexity index is 909. The third-order valence-corrected chi connectivity index (χ3v) is 6.32. The van der Waals surface area contributed by atoms with Crippen LogP contribution in [0.4, 0.5) is 10.3 Å². The van der Waals surface area contributed by atoms with Crippen molar-refractivity contribution in [3.8, 4) is 0 Å². The molecule has 1 amide bonds. The Labute approximate surface area is 163 Å². The first-order chi connectivity index (χ1) is 12.5. The molecule has 26 heavy (non-hydrogen) atoms. The summed E-state index contributed by atoms with van der Waals surface area (Å²) in [6.45, 7) is 5.37. The molecule has 2 heterocycles. The van der Waals surface area contributed by atoms with Gasteiger partial charge < -0.3 is 15.4 Å². The lowest BCUT2D eigenvalue weighted by Gasteiger charge is -1.99. The van der Waals surface area contributed by atoms with Gasteiger partial charge in [0.1, 0.15) is 0 Å². The van der Waals surface area contributed by atoms with Gasteiger partial charge in [-0.15, -0.1) is 10.2 Å². The molecule has 0 unspecified atom stereocenters. The Morgan fingerprint density at radius 2 is 2.08 bits per heavy atom. The minimum atomic E-state index is -0.104. The molecule has 0 aliphatic carbocycles. The fraction of sp³-hybridized carbons (Fsp3) is 0.375. The van der Waals surface area contributed by atoms with E-state index in [1.54, 1.807) is 7.11 Å². The standard InChI is InChI=1S/C16H19N5O2S3/c1-9-6-10(2)13-11(7-9)25-15(19-13)18-12(22)8-24-16-21-20-14(26-16)17-4-5-23-3/h6-7H,4-5,8H2,1-3H3,(H,17,20)(H,18,19,22). The molecule has 0 aliphatic rings. The van der Waals surface area contributed by atoms with Crippen LogP contribution >= 0.6 is 34.4 Å². The molecule has 0 radical (unpaired) electrons. The molecule has 1 aromatic carbocycles. The summed E-state index contributed by atoms with van der Waals surface area (Å²) >= 11 is 4.27. The number of nitrogens with zero attached hydrogens (tertiary/aromatic N) is 3. The number of fused-ring (bicyclic) bond motifs is 1. The van der Waals surface area contributed by atoms with E-state index in [1.165, 1.54) is 40.0 Å². The molecule has 7 nitrogen and oxygen atoms in total. The molecule has 0 bridgehead atoms. The Hall–Kier alpha value is -1.75. The van der Waals surface area contributed by atoms with E-state index in [2.05, 4.69) is 44.9 Å². The van der Waals surface area contributed by atoms with Crippen LogP contribution in [0.2, 0.25) is 0 Å². The van der Waals surface area contributed by atoms with Crippen LogP contribution in [0.25, 0.3) is 10.2 Å². The lowest BCUT2D eigenvalue weighted by molar-refractivity contribution is -0.113. The molecule has 2 N–H and O–H groups in total. The number of aryl methyl sites for hydroxylation is 2. The molecule has 0 atom stereocenters. The van der Waals surface area contributed by atoms with Crippen molar-refractivity contribution in [1.29, 1.82) is 0 Å². The third kappa shape index (κ3) is 4.91. The van der Waals surface area contributed by atoms with E-state index in [1.807, 2.05) is 6.92 Å². The summed E-state index contributed by atoms with van der Waals surface area (Å²) in [6.07, 6.45) is 0. The number of carbonyl (C=O) groups excluding carboxylic acids is 1. The second-order valence-corrected chi connectivity index (χ2v) is 8.81. The smallest absolute Gasteiger partial charge is 0.236 e. The summed E-state index contributed by atoms with van der Waals surface area (Å²) in [5.41, 5.74) is 3.26. The predicted molar refractivity (Wildman–Crippen MR) is 109 cm³/mol. The molecule has 0 saturated carbocycles. The van der Waals surface area contributed by atoms with Gasteiger partial charge in [0.15, 0.2) is 9.47 Å². The van der Waals surface area contributed by atoms with E-state index >= 15 is 0 Å². The molecular weight excluding hydrogens is 390 g/mol. The Morgan fingerprint density at radius 1 is 1.23 bits per heavy atom. The number of amides is 1. The van der Waals surface area contributed by atoms with Gasteiger partial charge in [-0.1, -0.05) is 40.5 Å². The van der Waals surface area contributed by atoms with Crippen molar-refractivity contribution >= 4 is 60.8 Å². The normalized spacial score (nSPS) is 11.0. The number of anilines is 2. The molecule has 3 aromatic rings. The van der Waals surface area contributed by atoms with Gasteiger partial charge in [-0.25, -0.2) is 4.98 Å². The Balaban J connectivity index is 1.54. The number of thioether (sulfide) groups is 1. The van der Waals surface area contributed by atoms with Crippen molar-refractivity contribution < 1.29 is 9.53 Å². The number of aromatic nitrogens is 3. The quantitative estimate of drug-likeness (QED) is 0.434. The maximum Gasteiger partial charge on any atom is 0.236 e. The SMILES string of the molecule is COCCNc1nnc(SCC(=O)Nc2nc3c(C)cc(C)cc3s2)s1. The Morgan fingerprint density at radius 3 is 2.88 bits per heavy atom. The van der Waals surface area contributed by atoms with E-state index < -0.39 is 0 Å². The second kappa shape index (κ2) is 8.76. The molecular formula is C16H19N5O2S3. The third-order valence-electron chi connectivity index (χ3n) is 3.39. The highest BCUT2D eigenvalue weighted by Gasteiger charge is 2.12. The number of hydrogen-bond donors (Lipinski definition) is 2. The summed E-state index contributed by atoms with van der Waals surface area (Å²) < 4.78 is 6.80. The van der Waals surface area contributed by atoms with Crippen LogP contribution in [-0.2, 0) is 9.53 Å². The number of methoxy groups -OCH3 is 1. The minimum absolute atomic E-state index is 0.104. The molecule has 0 spiro atoms. The summed E-state index contributed by atoms with van der Waals surface area (Å²) in [6, 6.07) is 4.18. The summed E-state index contributed by atoms with van der Waals surface area (Å²) in [7, 11) is 1.65.